The summed E-state index contributed by atoms with van der Waals surface area (Å²) >= 11 is 0. The number of hydrogen-bond acceptors (Lipinski definition) is 1. The lowest BCUT2D eigenvalue weighted by Crippen LogP contribution is -2.04. The van der Waals surface area contributed by atoms with E-state index in [1.807, 2.05) is 6.92 Å². The first kappa shape index (κ1) is 10.9. The lowest BCUT2D eigenvalue weighted by atomic mass is 9.97. The molecule has 0 aliphatic heterocycles. The Balaban J connectivity index is 2.49. The largest absolute Gasteiger partial charge is 0.324 e. The molecule has 0 fully saturated rings. The smallest absolute Gasteiger partial charge is 0.0266 e. The molecule has 2 N–H and O–H groups in total. The van der Waals surface area contributed by atoms with Gasteiger partial charge in [-0.2, -0.15) is 0 Å². The molecule has 0 aromatic heterocycles. The van der Waals surface area contributed by atoms with E-state index in [9.17, 15) is 0 Å². The molecule has 0 amide bonds. The number of aryl methyl sites for hydroxylation is 1. The molecule has 0 aliphatic carbocycles. The minimum Gasteiger partial charge on any atom is -0.324 e. The van der Waals surface area contributed by atoms with E-state index in [0.717, 1.165) is 0 Å². The molecule has 1 atom stereocenters. The zero-order chi connectivity index (χ0) is 11.5. The lowest BCUT2D eigenvalue weighted by Gasteiger charge is -2.10. The van der Waals surface area contributed by atoms with E-state index in [4.69, 9.17) is 5.73 Å². The molecule has 2 rings (SSSR count). The monoisotopic (exact) mass is 211 g/mol. The van der Waals surface area contributed by atoms with Crippen molar-refractivity contribution in [3.05, 3.63) is 59.7 Å². The SMILES string of the molecule is Cc1ccccc1-c1cccc([C@H](C)N)c1. The highest BCUT2D eigenvalue weighted by molar-refractivity contribution is 5.67. The molecule has 0 saturated carbocycles. The highest BCUT2D eigenvalue weighted by atomic mass is 14.6. The van der Waals surface area contributed by atoms with Crippen molar-refractivity contribution in [2.24, 2.45) is 5.73 Å². The Morgan fingerprint density at radius 2 is 1.75 bits per heavy atom. The van der Waals surface area contributed by atoms with Crippen molar-refractivity contribution in [3.8, 4) is 11.1 Å². The van der Waals surface area contributed by atoms with Gasteiger partial charge in [-0.05, 0) is 42.2 Å². The molecular formula is C15H17N. The fraction of sp³-hybridized carbons (Fsp3) is 0.200. The molecule has 0 spiro atoms. The molecule has 0 heterocycles. The van der Waals surface area contributed by atoms with Gasteiger partial charge in [-0.3, -0.25) is 0 Å². The van der Waals surface area contributed by atoms with Crippen LogP contribution in [0.3, 0.4) is 0 Å². The third-order valence-electron chi connectivity index (χ3n) is 2.87. The van der Waals surface area contributed by atoms with E-state index < -0.39 is 0 Å². The zero-order valence-electron chi connectivity index (χ0n) is 9.77. The van der Waals surface area contributed by atoms with Crippen LogP contribution in [0.1, 0.15) is 24.1 Å². The van der Waals surface area contributed by atoms with Crippen molar-refractivity contribution >= 4 is 0 Å². The second-order valence-corrected chi connectivity index (χ2v) is 4.23. The first-order valence-electron chi connectivity index (χ1n) is 5.60. The van der Waals surface area contributed by atoms with Gasteiger partial charge in [0, 0.05) is 6.04 Å². The standard InChI is InChI=1S/C15H17N/c1-11-6-3-4-9-15(11)14-8-5-7-13(10-14)12(2)16/h3-10,12H,16H2,1-2H3/t12-/m0/s1. The van der Waals surface area contributed by atoms with Crippen LogP contribution in [0, 0.1) is 6.92 Å². The third-order valence-corrected chi connectivity index (χ3v) is 2.87. The summed E-state index contributed by atoms with van der Waals surface area (Å²) in [5.41, 5.74) is 10.9. The highest BCUT2D eigenvalue weighted by Gasteiger charge is 2.03. The van der Waals surface area contributed by atoms with Gasteiger partial charge in [0.25, 0.3) is 0 Å². The first-order chi connectivity index (χ1) is 7.68. The molecule has 16 heavy (non-hydrogen) atoms. The van der Waals surface area contributed by atoms with Crippen LogP contribution < -0.4 is 5.73 Å². The van der Waals surface area contributed by atoms with Gasteiger partial charge < -0.3 is 5.73 Å². The van der Waals surface area contributed by atoms with E-state index in [-0.39, 0.29) is 6.04 Å². The zero-order valence-corrected chi connectivity index (χ0v) is 9.77. The van der Waals surface area contributed by atoms with Crippen LogP contribution in [-0.4, -0.2) is 0 Å². The number of benzene rings is 2. The van der Waals surface area contributed by atoms with Gasteiger partial charge >= 0.3 is 0 Å². The van der Waals surface area contributed by atoms with Crippen molar-refractivity contribution in [2.45, 2.75) is 19.9 Å². The molecule has 0 aliphatic rings. The van der Waals surface area contributed by atoms with E-state index >= 15 is 0 Å². The Hall–Kier alpha value is -1.60. The predicted octanol–water partition coefficient (Wildman–Crippen LogP) is 3.68. The van der Waals surface area contributed by atoms with Crippen LogP contribution in [0.2, 0.25) is 0 Å². The molecule has 0 bridgehead atoms. The molecule has 0 saturated heterocycles. The predicted molar refractivity (Wildman–Crippen MR) is 69.2 cm³/mol. The van der Waals surface area contributed by atoms with Crippen LogP contribution in [0.5, 0.6) is 0 Å². The fourth-order valence-corrected chi connectivity index (χ4v) is 1.89. The fourth-order valence-electron chi connectivity index (χ4n) is 1.89. The van der Waals surface area contributed by atoms with Crippen LogP contribution in [0.4, 0.5) is 0 Å². The van der Waals surface area contributed by atoms with Crippen molar-refractivity contribution in [2.75, 3.05) is 0 Å². The van der Waals surface area contributed by atoms with Crippen molar-refractivity contribution in [1.82, 2.24) is 0 Å². The summed E-state index contributed by atoms with van der Waals surface area (Å²) in [4.78, 5) is 0. The molecule has 1 nitrogen and oxygen atoms in total. The Bertz CT molecular complexity index is 486. The van der Waals surface area contributed by atoms with Gasteiger partial charge in [0.05, 0.1) is 0 Å². The summed E-state index contributed by atoms with van der Waals surface area (Å²) in [5.74, 6) is 0. The van der Waals surface area contributed by atoms with Crippen molar-refractivity contribution in [1.29, 1.82) is 0 Å². The van der Waals surface area contributed by atoms with Gasteiger partial charge in [0.1, 0.15) is 0 Å². The molecular weight excluding hydrogens is 194 g/mol. The third kappa shape index (κ3) is 2.15. The van der Waals surface area contributed by atoms with Gasteiger partial charge in [0.2, 0.25) is 0 Å². The summed E-state index contributed by atoms with van der Waals surface area (Å²) in [6.45, 7) is 4.14. The van der Waals surface area contributed by atoms with Crippen molar-refractivity contribution < 1.29 is 0 Å². The maximum Gasteiger partial charge on any atom is 0.0266 e. The quantitative estimate of drug-likeness (QED) is 0.805. The summed E-state index contributed by atoms with van der Waals surface area (Å²) in [5, 5.41) is 0. The Kier molecular flexibility index (Phi) is 3.07. The van der Waals surface area contributed by atoms with Crippen LogP contribution in [0.15, 0.2) is 48.5 Å². The minimum absolute atomic E-state index is 0.0870. The molecule has 1 heteroatoms. The molecule has 2 aromatic rings. The van der Waals surface area contributed by atoms with Crippen LogP contribution >= 0.6 is 0 Å². The second kappa shape index (κ2) is 4.50. The maximum absolute atomic E-state index is 5.90. The Morgan fingerprint density at radius 3 is 2.44 bits per heavy atom. The van der Waals surface area contributed by atoms with Crippen LogP contribution in [0.25, 0.3) is 11.1 Å². The Morgan fingerprint density at radius 1 is 1.00 bits per heavy atom. The minimum atomic E-state index is 0.0870. The molecule has 0 radical (unpaired) electrons. The van der Waals surface area contributed by atoms with E-state index in [1.54, 1.807) is 0 Å². The second-order valence-electron chi connectivity index (χ2n) is 4.23. The number of nitrogens with two attached hydrogens (primary N) is 1. The maximum atomic E-state index is 5.90. The number of hydrogen-bond donors (Lipinski definition) is 1. The average Bonchev–Trinajstić information content (AvgIpc) is 2.30. The topological polar surface area (TPSA) is 26.0 Å². The summed E-state index contributed by atoms with van der Waals surface area (Å²) in [6.07, 6.45) is 0. The first-order valence-corrected chi connectivity index (χ1v) is 5.60. The summed E-state index contributed by atoms with van der Waals surface area (Å²) in [7, 11) is 0. The van der Waals surface area contributed by atoms with Crippen LogP contribution in [-0.2, 0) is 0 Å². The van der Waals surface area contributed by atoms with Gasteiger partial charge in [-0.25, -0.2) is 0 Å². The highest BCUT2D eigenvalue weighted by Crippen LogP contribution is 2.25. The number of rotatable bonds is 2. The summed E-state index contributed by atoms with van der Waals surface area (Å²) in [6, 6.07) is 17.0. The molecule has 2 aromatic carbocycles. The van der Waals surface area contributed by atoms with Crippen molar-refractivity contribution in [3.63, 3.8) is 0 Å². The summed E-state index contributed by atoms with van der Waals surface area (Å²) < 4.78 is 0. The Labute approximate surface area is 96.9 Å². The van der Waals surface area contributed by atoms with Gasteiger partial charge in [-0.15, -0.1) is 0 Å². The normalized spacial score (nSPS) is 12.4. The average molecular weight is 211 g/mol. The molecule has 0 unspecified atom stereocenters. The van der Waals surface area contributed by atoms with Gasteiger partial charge in [0.15, 0.2) is 0 Å². The van der Waals surface area contributed by atoms with E-state index in [2.05, 4.69) is 55.5 Å². The lowest BCUT2D eigenvalue weighted by molar-refractivity contribution is 0.818. The van der Waals surface area contributed by atoms with E-state index in [1.165, 1.54) is 22.3 Å². The van der Waals surface area contributed by atoms with E-state index in [0.29, 0.717) is 0 Å². The van der Waals surface area contributed by atoms with Gasteiger partial charge in [-0.1, -0.05) is 42.5 Å². The molecule has 82 valence electrons.